The van der Waals surface area contributed by atoms with Crippen LogP contribution in [0.4, 0.5) is 0 Å². The predicted octanol–water partition coefficient (Wildman–Crippen LogP) is -0.0364. The second-order valence-corrected chi connectivity index (χ2v) is 2.20. The average molecular weight is 149 g/mol. The van der Waals surface area contributed by atoms with Gasteiger partial charge >= 0.3 is 23.1 Å². The molecule has 0 heterocycles. The van der Waals surface area contributed by atoms with Crippen LogP contribution in [-0.2, 0) is 10.1 Å². The molecule has 8 heavy (non-hydrogen) atoms. The minimum atomic E-state index is -3.67. The zero-order valence-electron chi connectivity index (χ0n) is 5.09. The summed E-state index contributed by atoms with van der Waals surface area (Å²) in [7, 11) is -3.67. The Morgan fingerprint density at radius 3 is 1.38 bits per heavy atom. The van der Waals surface area contributed by atoms with Crippen LogP contribution in [0.25, 0.3) is 0 Å². The Bertz CT molecular complexity index is 97.7. The van der Waals surface area contributed by atoms with E-state index in [9.17, 15) is 8.42 Å². The van der Waals surface area contributed by atoms with Crippen molar-refractivity contribution in [3.63, 3.8) is 0 Å². The molecule has 0 spiro atoms. The minimum Gasteiger partial charge on any atom is -0.346 e. The fourth-order valence-electron chi connectivity index (χ4n) is 0. The van der Waals surface area contributed by atoms with E-state index in [2.05, 4.69) is 6.92 Å². The summed E-state index contributed by atoms with van der Waals surface area (Å²) in [5, 5.41) is 0. The van der Waals surface area contributed by atoms with Gasteiger partial charge in [0.15, 0.2) is 0 Å². The van der Waals surface area contributed by atoms with Gasteiger partial charge in [0.25, 0.3) is 10.1 Å². The first-order valence-electron chi connectivity index (χ1n) is 1.63. The Morgan fingerprint density at radius 2 is 1.38 bits per heavy atom. The summed E-state index contributed by atoms with van der Waals surface area (Å²) >= 11 is 0. The third-order valence-corrected chi connectivity index (χ3v) is 0. The fourth-order valence-corrected chi connectivity index (χ4v) is 0. The Hall–Kier alpha value is 0.676. The number of hydrogen-bond acceptors (Lipinski definition) is 2. The van der Waals surface area contributed by atoms with E-state index in [1.807, 2.05) is 0 Å². The molecule has 0 aromatic heterocycles. The Kier molecular flexibility index (Phi) is 15.2. The van der Waals surface area contributed by atoms with Crippen molar-refractivity contribution >= 4 is 33.2 Å². The van der Waals surface area contributed by atoms with Crippen molar-refractivity contribution in [3.8, 4) is 0 Å². The maximum Gasteiger partial charge on any atom is 2.00 e. The number of hydrogen-bond donors (Lipinski definition) is 1. The quantitative estimate of drug-likeness (QED) is 0.299. The zero-order chi connectivity index (χ0) is 6.50. The molecule has 0 aromatic rings. The molecule has 0 aromatic carbocycles. The van der Waals surface area contributed by atoms with E-state index in [0.717, 1.165) is 0 Å². The van der Waals surface area contributed by atoms with Gasteiger partial charge in [-0.05, 0) is 0 Å². The normalized spacial score (nSPS) is 8.00. The minimum absolute atomic E-state index is 0. The smallest absolute Gasteiger partial charge is 0.346 e. The average Bonchev–Trinajstić information content (AvgIpc) is 1.36. The molecule has 0 aliphatic heterocycles. The van der Waals surface area contributed by atoms with Gasteiger partial charge in [0.2, 0.25) is 0 Å². The summed E-state index contributed by atoms with van der Waals surface area (Å²) < 4.78 is 25.9. The van der Waals surface area contributed by atoms with Crippen LogP contribution in [0, 0.1) is 6.92 Å². The van der Waals surface area contributed by atoms with Crippen molar-refractivity contribution in [1.29, 1.82) is 0 Å². The molecule has 0 amide bonds. The van der Waals surface area contributed by atoms with Crippen molar-refractivity contribution in [2.24, 2.45) is 0 Å². The molecule has 0 saturated carbocycles. The first-order valence-corrected chi connectivity index (χ1v) is 3.48. The maximum atomic E-state index is 9.19. The molecule has 3 nitrogen and oxygen atoms in total. The third kappa shape index (κ3) is 470. The van der Waals surface area contributed by atoms with Gasteiger partial charge in [-0.1, -0.05) is 0 Å². The van der Waals surface area contributed by atoms with Gasteiger partial charge in [-0.2, -0.15) is 15.3 Å². The predicted molar refractivity (Wildman–Crippen MR) is 34.3 cm³/mol. The van der Waals surface area contributed by atoms with E-state index >= 15 is 0 Å². The fraction of sp³-hybridized carbons (Fsp3) is 0.667. The van der Waals surface area contributed by atoms with E-state index in [0.29, 0.717) is 6.26 Å². The van der Waals surface area contributed by atoms with E-state index in [1.54, 1.807) is 6.92 Å². The van der Waals surface area contributed by atoms with Gasteiger partial charge < -0.3 is 6.92 Å². The van der Waals surface area contributed by atoms with Crippen LogP contribution in [0.15, 0.2) is 0 Å². The Balaban J connectivity index is -0.0000000750. The van der Waals surface area contributed by atoms with Crippen molar-refractivity contribution in [2.45, 2.75) is 6.92 Å². The molecule has 1 N–H and O–H groups in total. The molecule has 0 atom stereocenters. The first-order chi connectivity index (χ1) is 3.00. The van der Waals surface area contributed by atoms with Crippen LogP contribution in [0.1, 0.15) is 6.92 Å². The standard InChI is InChI=1S/C2H5.CH4O3S.Mg/c1-2;1-5(2,3)4;/h1H2,2H3;1H3,(H,2,3,4);/q-1;;+2. The van der Waals surface area contributed by atoms with Crippen molar-refractivity contribution in [2.75, 3.05) is 6.26 Å². The van der Waals surface area contributed by atoms with Gasteiger partial charge in [0.1, 0.15) is 0 Å². The van der Waals surface area contributed by atoms with Gasteiger partial charge in [0, 0.05) is 0 Å². The second kappa shape index (κ2) is 7.68. The SMILES string of the molecule is CS(=O)(=O)O.[CH2-]C.[Mg+2]. The maximum absolute atomic E-state index is 9.19. The largest absolute Gasteiger partial charge is 2.00 e. The van der Waals surface area contributed by atoms with Gasteiger partial charge in [-0.25, -0.2) is 0 Å². The van der Waals surface area contributed by atoms with Gasteiger partial charge in [-0.15, -0.1) is 0 Å². The summed E-state index contributed by atoms with van der Waals surface area (Å²) in [4.78, 5) is 0. The molecule has 0 aliphatic carbocycles. The third-order valence-electron chi connectivity index (χ3n) is 0. The van der Waals surface area contributed by atoms with Crippen LogP contribution in [0.5, 0.6) is 0 Å². The molecule has 46 valence electrons. The van der Waals surface area contributed by atoms with Crippen LogP contribution < -0.4 is 0 Å². The monoisotopic (exact) mass is 149 g/mol. The van der Waals surface area contributed by atoms with Crippen LogP contribution in [0.2, 0.25) is 0 Å². The number of rotatable bonds is 0. The molecular formula is C3H9MgO3S+. The molecule has 0 fully saturated rings. The molecule has 5 heteroatoms. The molecule has 0 rings (SSSR count). The van der Waals surface area contributed by atoms with E-state index < -0.39 is 10.1 Å². The Labute approximate surface area is 66.4 Å². The van der Waals surface area contributed by atoms with E-state index in [-0.39, 0.29) is 23.1 Å². The first kappa shape index (κ1) is 15.9. The molecule has 0 bridgehead atoms. The molecule has 0 radical (unpaired) electrons. The van der Waals surface area contributed by atoms with Crippen LogP contribution in [0.3, 0.4) is 0 Å². The summed E-state index contributed by atoms with van der Waals surface area (Å²) in [5.74, 6) is 0. The topological polar surface area (TPSA) is 54.4 Å². The zero-order valence-corrected chi connectivity index (χ0v) is 7.32. The summed E-state index contributed by atoms with van der Waals surface area (Å²) in [6.45, 7) is 5.00. The van der Waals surface area contributed by atoms with Crippen LogP contribution >= 0.6 is 0 Å². The van der Waals surface area contributed by atoms with E-state index in [1.165, 1.54) is 0 Å². The second-order valence-electron chi connectivity index (χ2n) is 0.733. The molecule has 0 aliphatic rings. The summed E-state index contributed by atoms with van der Waals surface area (Å²) in [5.41, 5.74) is 0. The van der Waals surface area contributed by atoms with Crippen molar-refractivity contribution in [1.82, 2.24) is 0 Å². The van der Waals surface area contributed by atoms with Crippen molar-refractivity contribution < 1.29 is 13.0 Å². The Morgan fingerprint density at radius 1 is 1.38 bits per heavy atom. The molecule has 0 unspecified atom stereocenters. The van der Waals surface area contributed by atoms with E-state index in [4.69, 9.17) is 4.55 Å². The van der Waals surface area contributed by atoms with Crippen LogP contribution in [-0.4, -0.2) is 42.3 Å². The molecular weight excluding hydrogens is 140 g/mol. The molecule has 0 saturated heterocycles. The summed E-state index contributed by atoms with van der Waals surface area (Å²) in [6.07, 6.45) is 0.715. The van der Waals surface area contributed by atoms with Gasteiger partial charge in [0.05, 0.1) is 6.26 Å². The summed E-state index contributed by atoms with van der Waals surface area (Å²) in [6, 6.07) is 0. The van der Waals surface area contributed by atoms with Gasteiger partial charge in [-0.3, -0.25) is 4.55 Å². The van der Waals surface area contributed by atoms with Crippen molar-refractivity contribution in [3.05, 3.63) is 6.92 Å².